The van der Waals surface area contributed by atoms with Crippen LogP contribution in [0.3, 0.4) is 0 Å². The predicted molar refractivity (Wildman–Crippen MR) is 74.4 cm³/mol. The van der Waals surface area contributed by atoms with Crippen molar-refractivity contribution in [3.63, 3.8) is 0 Å². The van der Waals surface area contributed by atoms with Crippen LogP contribution in [0.5, 0.6) is 0 Å². The average molecular weight is 280 g/mol. The van der Waals surface area contributed by atoms with Crippen LogP contribution in [0.15, 0.2) is 0 Å². The molecule has 5 heteroatoms. The molecule has 3 aliphatic rings. The lowest BCUT2D eigenvalue weighted by molar-refractivity contribution is -0.139. The SMILES string of the molecule is O=C(O)CC1(NC(=O)N2CCC3CCCCC32)CCC1. The summed E-state index contributed by atoms with van der Waals surface area (Å²) >= 11 is 0. The summed E-state index contributed by atoms with van der Waals surface area (Å²) in [6.07, 6.45) is 8.65. The molecule has 0 aromatic carbocycles. The largest absolute Gasteiger partial charge is 0.481 e. The highest BCUT2D eigenvalue weighted by molar-refractivity contribution is 5.78. The minimum atomic E-state index is -0.818. The molecular weight excluding hydrogens is 256 g/mol. The number of nitrogens with zero attached hydrogens (tertiary/aromatic N) is 1. The Balaban J connectivity index is 1.62. The monoisotopic (exact) mass is 280 g/mol. The highest BCUT2D eigenvalue weighted by atomic mass is 16.4. The first-order valence-corrected chi connectivity index (χ1v) is 7.90. The summed E-state index contributed by atoms with van der Waals surface area (Å²) in [5.74, 6) is -0.145. The number of hydrogen-bond donors (Lipinski definition) is 2. The fourth-order valence-electron chi connectivity index (χ4n) is 4.20. The zero-order valence-corrected chi connectivity index (χ0v) is 11.9. The van der Waals surface area contributed by atoms with Gasteiger partial charge in [0.05, 0.1) is 12.0 Å². The summed E-state index contributed by atoms with van der Waals surface area (Å²) in [6.45, 7) is 0.838. The Labute approximate surface area is 119 Å². The van der Waals surface area contributed by atoms with Gasteiger partial charge in [-0.3, -0.25) is 4.79 Å². The van der Waals surface area contributed by atoms with Crippen molar-refractivity contribution in [2.45, 2.75) is 69.4 Å². The fourth-order valence-corrected chi connectivity index (χ4v) is 4.20. The first-order valence-electron chi connectivity index (χ1n) is 7.90. The molecule has 2 N–H and O–H groups in total. The zero-order chi connectivity index (χ0) is 14.2. The third-order valence-electron chi connectivity index (χ3n) is 5.44. The van der Waals surface area contributed by atoms with E-state index >= 15 is 0 Å². The third kappa shape index (κ3) is 2.50. The molecule has 0 aromatic rings. The van der Waals surface area contributed by atoms with Crippen LogP contribution in [0.2, 0.25) is 0 Å². The smallest absolute Gasteiger partial charge is 0.318 e. The number of carbonyl (C=O) groups is 2. The molecule has 20 heavy (non-hydrogen) atoms. The second-order valence-electron chi connectivity index (χ2n) is 6.73. The molecule has 5 nitrogen and oxygen atoms in total. The van der Waals surface area contributed by atoms with E-state index in [0.29, 0.717) is 12.0 Å². The zero-order valence-electron chi connectivity index (χ0n) is 11.9. The van der Waals surface area contributed by atoms with Crippen LogP contribution in [0.1, 0.15) is 57.8 Å². The molecule has 1 saturated heterocycles. The van der Waals surface area contributed by atoms with E-state index in [1.807, 2.05) is 4.90 Å². The summed E-state index contributed by atoms with van der Waals surface area (Å²) in [6, 6.07) is 0.367. The molecule has 0 radical (unpaired) electrons. The van der Waals surface area contributed by atoms with Crippen LogP contribution < -0.4 is 5.32 Å². The van der Waals surface area contributed by atoms with Crippen molar-refractivity contribution in [1.29, 1.82) is 0 Å². The molecule has 112 valence electrons. The predicted octanol–water partition coefficient (Wildman–Crippen LogP) is 2.36. The average Bonchev–Trinajstić information content (AvgIpc) is 2.79. The van der Waals surface area contributed by atoms with Crippen molar-refractivity contribution in [3.05, 3.63) is 0 Å². The molecule has 0 bridgehead atoms. The number of carboxylic acid groups (broad SMARTS) is 1. The third-order valence-corrected chi connectivity index (χ3v) is 5.44. The van der Waals surface area contributed by atoms with Gasteiger partial charge in [-0.1, -0.05) is 12.8 Å². The lowest BCUT2D eigenvalue weighted by Gasteiger charge is -2.43. The molecular formula is C15H24N2O3. The van der Waals surface area contributed by atoms with Crippen molar-refractivity contribution < 1.29 is 14.7 Å². The Morgan fingerprint density at radius 3 is 2.55 bits per heavy atom. The van der Waals surface area contributed by atoms with E-state index in [2.05, 4.69) is 5.32 Å². The molecule has 2 atom stereocenters. The second kappa shape index (κ2) is 5.26. The van der Waals surface area contributed by atoms with E-state index < -0.39 is 11.5 Å². The topological polar surface area (TPSA) is 69.6 Å². The number of carbonyl (C=O) groups excluding carboxylic acids is 1. The van der Waals surface area contributed by atoms with E-state index in [0.717, 1.165) is 38.6 Å². The Morgan fingerprint density at radius 2 is 1.90 bits per heavy atom. The van der Waals surface area contributed by atoms with Gasteiger partial charge in [0.25, 0.3) is 0 Å². The maximum absolute atomic E-state index is 12.5. The first-order chi connectivity index (χ1) is 9.60. The molecule has 0 spiro atoms. The lowest BCUT2D eigenvalue weighted by atomic mass is 9.74. The summed E-state index contributed by atoms with van der Waals surface area (Å²) in [5, 5.41) is 12.1. The van der Waals surface area contributed by atoms with Gasteiger partial charge in [0, 0.05) is 12.6 Å². The number of fused-ring (bicyclic) bond motifs is 1. The number of aliphatic carboxylic acids is 1. The van der Waals surface area contributed by atoms with Crippen LogP contribution in [-0.2, 0) is 4.79 Å². The highest BCUT2D eigenvalue weighted by Crippen LogP contribution is 2.38. The highest BCUT2D eigenvalue weighted by Gasteiger charge is 2.44. The maximum atomic E-state index is 12.5. The second-order valence-corrected chi connectivity index (χ2v) is 6.73. The van der Waals surface area contributed by atoms with E-state index in [9.17, 15) is 9.59 Å². The van der Waals surface area contributed by atoms with Gasteiger partial charge in [-0.05, 0) is 44.4 Å². The van der Waals surface area contributed by atoms with Crippen LogP contribution >= 0.6 is 0 Å². The van der Waals surface area contributed by atoms with Gasteiger partial charge < -0.3 is 15.3 Å². The molecule has 3 rings (SSSR count). The van der Waals surface area contributed by atoms with Crippen molar-refractivity contribution in [2.75, 3.05) is 6.54 Å². The maximum Gasteiger partial charge on any atom is 0.318 e. The van der Waals surface area contributed by atoms with Gasteiger partial charge in [0.15, 0.2) is 0 Å². The van der Waals surface area contributed by atoms with Crippen molar-refractivity contribution >= 4 is 12.0 Å². The van der Waals surface area contributed by atoms with E-state index in [-0.39, 0.29) is 12.5 Å². The van der Waals surface area contributed by atoms with Gasteiger partial charge in [-0.2, -0.15) is 0 Å². The van der Waals surface area contributed by atoms with Gasteiger partial charge in [-0.15, -0.1) is 0 Å². The molecule has 2 amide bonds. The molecule has 2 saturated carbocycles. The lowest BCUT2D eigenvalue weighted by Crippen LogP contribution is -2.59. The van der Waals surface area contributed by atoms with Crippen molar-refractivity contribution in [2.24, 2.45) is 5.92 Å². The quantitative estimate of drug-likeness (QED) is 0.833. The first kappa shape index (κ1) is 13.7. The Kier molecular flexibility index (Phi) is 3.61. The number of rotatable bonds is 3. The van der Waals surface area contributed by atoms with Gasteiger partial charge >= 0.3 is 12.0 Å². The number of urea groups is 1. The Hall–Kier alpha value is -1.26. The minimum absolute atomic E-state index is 0.0275. The summed E-state index contributed by atoms with van der Waals surface area (Å²) < 4.78 is 0. The summed E-state index contributed by atoms with van der Waals surface area (Å²) in [7, 11) is 0. The number of likely N-dealkylation sites (tertiary alicyclic amines) is 1. The van der Waals surface area contributed by atoms with Gasteiger partial charge in [0.2, 0.25) is 0 Å². The van der Waals surface area contributed by atoms with Gasteiger partial charge in [-0.25, -0.2) is 4.79 Å². The molecule has 3 fully saturated rings. The molecule has 0 aromatic heterocycles. The van der Waals surface area contributed by atoms with E-state index in [1.54, 1.807) is 0 Å². The Bertz CT molecular complexity index is 406. The summed E-state index contributed by atoms with van der Waals surface area (Å²) in [4.78, 5) is 25.5. The van der Waals surface area contributed by atoms with Crippen molar-refractivity contribution in [3.8, 4) is 0 Å². The number of amides is 2. The number of nitrogens with one attached hydrogen (secondary N) is 1. The summed E-state index contributed by atoms with van der Waals surface area (Å²) in [5.41, 5.74) is -0.477. The van der Waals surface area contributed by atoms with Crippen molar-refractivity contribution in [1.82, 2.24) is 10.2 Å². The molecule has 1 aliphatic heterocycles. The van der Waals surface area contributed by atoms with E-state index in [1.165, 1.54) is 19.3 Å². The number of carboxylic acids is 1. The van der Waals surface area contributed by atoms with Crippen LogP contribution in [0, 0.1) is 5.92 Å². The minimum Gasteiger partial charge on any atom is -0.481 e. The molecule has 1 heterocycles. The van der Waals surface area contributed by atoms with Crippen LogP contribution in [0.25, 0.3) is 0 Å². The normalized spacial score (nSPS) is 31.3. The number of hydrogen-bond acceptors (Lipinski definition) is 2. The standard InChI is InChI=1S/C15H24N2O3/c18-13(19)10-15(7-3-8-15)16-14(20)17-9-6-11-4-1-2-5-12(11)17/h11-12H,1-10H2,(H,16,20)(H,18,19). The molecule has 2 unspecified atom stereocenters. The van der Waals surface area contributed by atoms with Crippen LogP contribution in [-0.4, -0.2) is 40.1 Å². The fraction of sp³-hybridized carbons (Fsp3) is 0.867. The van der Waals surface area contributed by atoms with Crippen LogP contribution in [0.4, 0.5) is 4.79 Å². The van der Waals surface area contributed by atoms with E-state index in [4.69, 9.17) is 5.11 Å². The van der Waals surface area contributed by atoms with Gasteiger partial charge in [0.1, 0.15) is 0 Å². The Morgan fingerprint density at radius 1 is 1.15 bits per heavy atom. The molecule has 2 aliphatic carbocycles.